The summed E-state index contributed by atoms with van der Waals surface area (Å²) in [6.07, 6.45) is 0. The molecule has 1 aromatic heterocycles. The molecule has 5 nitrogen and oxygen atoms in total. The highest BCUT2D eigenvalue weighted by molar-refractivity contribution is 5.96. The van der Waals surface area contributed by atoms with Gasteiger partial charge in [-0.15, -0.1) is 0 Å². The van der Waals surface area contributed by atoms with Crippen molar-refractivity contribution in [3.05, 3.63) is 36.1 Å². The largest absolute Gasteiger partial charge is 0.451 e. The Balaban J connectivity index is 1.53. The van der Waals surface area contributed by atoms with Crippen LogP contribution >= 0.6 is 0 Å². The van der Waals surface area contributed by atoms with Gasteiger partial charge in [-0.3, -0.25) is 9.69 Å². The van der Waals surface area contributed by atoms with Gasteiger partial charge in [0, 0.05) is 44.7 Å². The molecule has 0 atom stereocenters. The number of carbonyl (C=O) groups excluding carboxylic acids is 1. The number of nitrogens with one attached hydrogen (secondary N) is 2. The number of benzene rings is 1. The van der Waals surface area contributed by atoms with Gasteiger partial charge in [-0.1, -0.05) is 18.2 Å². The quantitative estimate of drug-likeness (QED) is 0.875. The van der Waals surface area contributed by atoms with Gasteiger partial charge in [0.05, 0.1) is 0 Å². The van der Waals surface area contributed by atoms with E-state index in [-0.39, 0.29) is 5.91 Å². The fourth-order valence-electron chi connectivity index (χ4n) is 2.44. The van der Waals surface area contributed by atoms with Crippen LogP contribution in [0.2, 0.25) is 0 Å². The van der Waals surface area contributed by atoms with Gasteiger partial charge in [0.1, 0.15) is 5.58 Å². The fraction of sp³-hybridized carbons (Fsp3) is 0.400. The van der Waals surface area contributed by atoms with E-state index < -0.39 is 0 Å². The summed E-state index contributed by atoms with van der Waals surface area (Å²) < 4.78 is 5.54. The standard InChI is InChI=1S/C15H19N3O2/c19-15(17-7-10-18-8-5-16-6-9-18)14-11-12-3-1-2-4-13(12)20-14/h1-4,11,16H,5-10H2,(H,17,19). The number of hydrogen-bond acceptors (Lipinski definition) is 4. The number of amides is 1. The van der Waals surface area contributed by atoms with Crippen LogP contribution in [-0.4, -0.2) is 50.1 Å². The van der Waals surface area contributed by atoms with E-state index >= 15 is 0 Å². The van der Waals surface area contributed by atoms with Crippen LogP contribution in [0.3, 0.4) is 0 Å². The van der Waals surface area contributed by atoms with Gasteiger partial charge in [0.25, 0.3) is 5.91 Å². The molecule has 20 heavy (non-hydrogen) atoms. The van der Waals surface area contributed by atoms with Gasteiger partial charge in [-0.2, -0.15) is 0 Å². The molecule has 2 heterocycles. The average Bonchev–Trinajstić information content (AvgIpc) is 2.92. The second-order valence-corrected chi connectivity index (χ2v) is 5.00. The molecule has 1 saturated heterocycles. The van der Waals surface area contributed by atoms with E-state index in [2.05, 4.69) is 15.5 Å². The Morgan fingerprint density at radius 2 is 2.10 bits per heavy atom. The van der Waals surface area contributed by atoms with Crippen molar-refractivity contribution in [3.63, 3.8) is 0 Å². The third-order valence-electron chi connectivity index (χ3n) is 3.57. The predicted molar refractivity (Wildman–Crippen MR) is 77.9 cm³/mol. The van der Waals surface area contributed by atoms with E-state index in [0.717, 1.165) is 43.7 Å². The van der Waals surface area contributed by atoms with E-state index in [0.29, 0.717) is 12.3 Å². The van der Waals surface area contributed by atoms with E-state index in [1.165, 1.54) is 0 Å². The molecule has 1 aliphatic heterocycles. The lowest BCUT2D eigenvalue weighted by Crippen LogP contribution is -2.46. The topological polar surface area (TPSA) is 57.5 Å². The molecule has 0 unspecified atom stereocenters. The van der Waals surface area contributed by atoms with Crippen molar-refractivity contribution < 1.29 is 9.21 Å². The van der Waals surface area contributed by atoms with Crippen LogP contribution in [0.5, 0.6) is 0 Å². The normalized spacial score (nSPS) is 16.4. The summed E-state index contributed by atoms with van der Waals surface area (Å²) in [5.74, 6) is 0.239. The van der Waals surface area contributed by atoms with Crippen LogP contribution in [0.4, 0.5) is 0 Å². The summed E-state index contributed by atoms with van der Waals surface area (Å²) in [5.41, 5.74) is 0.750. The van der Waals surface area contributed by atoms with E-state index in [1.807, 2.05) is 24.3 Å². The summed E-state index contributed by atoms with van der Waals surface area (Å²) in [6, 6.07) is 9.43. The lowest BCUT2D eigenvalue weighted by atomic mass is 10.2. The highest BCUT2D eigenvalue weighted by Crippen LogP contribution is 2.18. The molecular formula is C15H19N3O2. The van der Waals surface area contributed by atoms with Crippen LogP contribution in [0.1, 0.15) is 10.6 Å². The zero-order valence-electron chi connectivity index (χ0n) is 11.4. The predicted octanol–water partition coefficient (Wildman–Crippen LogP) is 1.07. The molecule has 0 spiro atoms. The number of rotatable bonds is 4. The van der Waals surface area contributed by atoms with Crippen molar-refractivity contribution in [2.75, 3.05) is 39.3 Å². The van der Waals surface area contributed by atoms with Crippen molar-refractivity contribution in [2.45, 2.75) is 0 Å². The maximum atomic E-state index is 12.0. The molecule has 3 rings (SSSR count). The first kappa shape index (κ1) is 13.1. The molecule has 5 heteroatoms. The van der Waals surface area contributed by atoms with Crippen LogP contribution in [0.25, 0.3) is 11.0 Å². The minimum Gasteiger partial charge on any atom is -0.451 e. The number of hydrogen-bond donors (Lipinski definition) is 2. The van der Waals surface area contributed by atoms with E-state index in [1.54, 1.807) is 6.07 Å². The first-order valence-electron chi connectivity index (χ1n) is 7.03. The van der Waals surface area contributed by atoms with E-state index in [9.17, 15) is 4.79 Å². The second kappa shape index (κ2) is 6.07. The minimum absolute atomic E-state index is 0.142. The van der Waals surface area contributed by atoms with Gasteiger partial charge in [0.15, 0.2) is 5.76 Å². The molecular weight excluding hydrogens is 254 g/mol. The second-order valence-electron chi connectivity index (χ2n) is 5.00. The van der Waals surface area contributed by atoms with Crippen LogP contribution in [0.15, 0.2) is 34.7 Å². The molecule has 2 N–H and O–H groups in total. The zero-order chi connectivity index (χ0) is 13.8. The molecule has 106 valence electrons. The number of carbonyl (C=O) groups is 1. The Labute approximate surface area is 117 Å². The SMILES string of the molecule is O=C(NCCN1CCNCC1)c1cc2ccccc2o1. The highest BCUT2D eigenvalue weighted by atomic mass is 16.3. The molecule has 1 fully saturated rings. The lowest BCUT2D eigenvalue weighted by Gasteiger charge is -2.26. The van der Waals surface area contributed by atoms with E-state index in [4.69, 9.17) is 4.42 Å². The summed E-state index contributed by atoms with van der Waals surface area (Å²) in [6.45, 7) is 5.67. The number of piperazine rings is 1. The third-order valence-corrected chi connectivity index (χ3v) is 3.57. The van der Waals surface area contributed by atoms with Crippen LogP contribution < -0.4 is 10.6 Å². The Morgan fingerprint density at radius 3 is 2.90 bits per heavy atom. The van der Waals surface area contributed by atoms with Gasteiger partial charge in [0.2, 0.25) is 0 Å². The van der Waals surface area contributed by atoms with Gasteiger partial charge < -0.3 is 15.1 Å². The zero-order valence-corrected chi connectivity index (χ0v) is 11.4. The fourth-order valence-corrected chi connectivity index (χ4v) is 2.44. The maximum absolute atomic E-state index is 12.0. The monoisotopic (exact) mass is 273 g/mol. The Bertz CT molecular complexity index is 555. The maximum Gasteiger partial charge on any atom is 0.287 e. The van der Waals surface area contributed by atoms with Crippen LogP contribution in [-0.2, 0) is 0 Å². The first-order valence-corrected chi connectivity index (χ1v) is 7.03. The van der Waals surface area contributed by atoms with Crippen molar-refractivity contribution >= 4 is 16.9 Å². The molecule has 1 amide bonds. The molecule has 1 aromatic carbocycles. The Hall–Kier alpha value is -1.85. The number of nitrogens with zero attached hydrogens (tertiary/aromatic N) is 1. The average molecular weight is 273 g/mol. The van der Waals surface area contributed by atoms with Crippen LogP contribution in [0, 0.1) is 0 Å². The van der Waals surface area contributed by atoms with Gasteiger partial charge in [-0.05, 0) is 12.1 Å². The Kier molecular flexibility index (Phi) is 3.99. The molecule has 1 aliphatic rings. The molecule has 2 aromatic rings. The summed E-state index contributed by atoms with van der Waals surface area (Å²) in [5, 5.41) is 7.18. The number of fused-ring (bicyclic) bond motifs is 1. The van der Waals surface area contributed by atoms with Gasteiger partial charge >= 0.3 is 0 Å². The minimum atomic E-state index is -0.142. The Morgan fingerprint density at radius 1 is 1.30 bits per heavy atom. The van der Waals surface area contributed by atoms with Crippen molar-refractivity contribution in [3.8, 4) is 0 Å². The van der Waals surface area contributed by atoms with Crippen molar-refractivity contribution in [1.82, 2.24) is 15.5 Å². The summed E-state index contributed by atoms with van der Waals surface area (Å²) >= 11 is 0. The molecule has 0 radical (unpaired) electrons. The highest BCUT2D eigenvalue weighted by Gasteiger charge is 2.13. The van der Waals surface area contributed by atoms with Crippen molar-refractivity contribution in [1.29, 1.82) is 0 Å². The van der Waals surface area contributed by atoms with Gasteiger partial charge in [-0.25, -0.2) is 0 Å². The number of furan rings is 1. The lowest BCUT2D eigenvalue weighted by molar-refractivity contribution is 0.0922. The summed E-state index contributed by atoms with van der Waals surface area (Å²) in [4.78, 5) is 14.4. The summed E-state index contributed by atoms with van der Waals surface area (Å²) in [7, 11) is 0. The molecule has 0 saturated carbocycles. The molecule has 0 aliphatic carbocycles. The first-order chi connectivity index (χ1) is 9.83. The molecule has 0 bridgehead atoms. The van der Waals surface area contributed by atoms with Crippen molar-refractivity contribution in [2.24, 2.45) is 0 Å². The number of para-hydroxylation sites is 1. The third kappa shape index (κ3) is 3.00. The smallest absolute Gasteiger partial charge is 0.287 e.